The van der Waals surface area contributed by atoms with E-state index in [1.165, 1.54) is 7.11 Å². The number of esters is 1. The number of aliphatic hydroxyl groups is 1. The largest absolute Gasteiger partial charge is 1.00 e. The van der Waals surface area contributed by atoms with Crippen LogP contribution in [0.3, 0.4) is 0 Å². The second-order valence-electron chi connectivity index (χ2n) is 4.11. The van der Waals surface area contributed by atoms with E-state index in [0.717, 1.165) is 19.4 Å². The molecule has 1 N–H and O–H groups in total. The molecule has 0 spiro atoms. The number of hydrogen-bond donors (Lipinski definition) is 1. The molecule has 1 aliphatic heterocycles. The van der Waals surface area contributed by atoms with E-state index >= 15 is 0 Å². The normalized spacial score (nSPS) is 30.3. The van der Waals surface area contributed by atoms with Crippen molar-refractivity contribution >= 4 is 18.4 Å². The molecule has 124 valence electrons. The van der Waals surface area contributed by atoms with Crippen LogP contribution in [-0.2, 0) is 38.1 Å². The van der Waals surface area contributed by atoms with Crippen LogP contribution < -0.4 is 34.7 Å². The first-order valence-electron chi connectivity index (χ1n) is 6.02. The van der Waals surface area contributed by atoms with Gasteiger partial charge in [0.2, 0.25) is 0 Å². The van der Waals surface area contributed by atoms with Crippen LogP contribution in [0.5, 0.6) is 0 Å². The third-order valence-electron chi connectivity index (χ3n) is 2.85. The SMILES string of the molecule is COC1OC(C(=O)[O-])C(OC)C(OC(=O)/C=C\OC=O)C1O.[Na+]. The molecule has 0 radical (unpaired) electrons. The summed E-state index contributed by atoms with van der Waals surface area (Å²) in [6.45, 7) is 0.0815. The van der Waals surface area contributed by atoms with Crippen LogP contribution in [-0.4, -0.2) is 68.4 Å². The van der Waals surface area contributed by atoms with Crippen LogP contribution in [0.25, 0.3) is 0 Å². The molecule has 5 unspecified atom stereocenters. The maximum absolute atomic E-state index is 11.5. The van der Waals surface area contributed by atoms with Crippen LogP contribution in [0.1, 0.15) is 0 Å². The summed E-state index contributed by atoms with van der Waals surface area (Å²) in [5, 5.41) is 21.1. The molecule has 0 aromatic rings. The van der Waals surface area contributed by atoms with Crippen molar-refractivity contribution in [1.29, 1.82) is 0 Å². The Bertz CT molecular complexity index is 440. The Balaban J connectivity index is 0.00000484. The van der Waals surface area contributed by atoms with Gasteiger partial charge in [-0.05, 0) is 0 Å². The van der Waals surface area contributed by atoms with Gasteiger partial charge in [-0.1, -0.05) is 0 Å². The molecule has 0 amide bonds. The molecule has 10 nitrogen and oxygen atoms in total. The molecule has 0 aromatic heterocycles. The maximum Gasteiger partial charge on any atom is 1.00 e. The van der Waals surface area contributed by atoms with E-state index in [4.69, 9.17) is 18.9 Å². The van der Waals surface area contributed by atoms with Crippen molar-refractivity contribution in [3.8, 4) is 0 Å². The number of carbonyl (C=O) groups is 3. The minimum atomic E-state index is -1.62. The molecule has 0 aliphatic carbocycles. The summed E-state index contributed by atoms with van der Waals surface area (Å²) in [5.41, 5.74) is 0. The Morgan fingerprint density at radius 2 is 1.87 bits per heavy atom. The van der Waals surface area contributed by atoms with E-state index in [1.807, 2.05) is 0 Å². The Morgan fingerprint density at radius 3 is 2.35 bits per heavy atom. The number of hydrogen-bond acceptors (Lipinski definition) is 10. The van der Waals surface area contributed by atoms with Crippen molar-refractivity contribution < 1.29 is 77.8 Å². The van der Waals surface area contributed by atoms with E-state index in [2.05, 4.69) is 4.74 Å². The molecule has 11 heteroatoms. The van der Waals surface area contributed by atoms with Gasteiger partial charge in [-0.2, -0.15) is 0 Å². The molecule has 1 fully saturated rings. The van der Waals surface area contributed by atoms with Crippen molar-refractivity contribution in [2.24, 2.45) is 0 Å². The monoisotopic (exact) mass is 342 g/mol. The second kappa shape index (κ2) is 10.7. The molecule has 0 aromatic carbocycles. The summed E-state index contributed by atoms with van der Waals surface area (Å²) in [7, 11) is 2.32. The molecular formula is C12H15NaO10. The molecule has 1 rings (SSSR count). The van der Waals surface area contributed by atoms with E-state index < -0.39 is 42.6 Å². The fourth-order valence-corrected chi connectivity index (χ4v) is 1.90. The number of carboxylic acids is 1. The third kappa shape index (κ3) is 5.84. The van der Waals surface area contributed by atoms with E-state index in [-0.39, 0.29) is 36.0 Å². The minimum Gasteiger partial charge on any atom is -0.547 e. The quantitative estimate of drug-likeness (QED) is 0.156. The van der Waals surface area contributed by atoms with E-state index in [9.17, 15) is 24.6 Å². The van der Waals surface area contributed by atoms with Crippen molar-refractivity contribution in [1.82, 2.24) is 0 Å². The zero-order chi connectivity index (χ0) is 16.7. The Labute approximate surface area is 153 Å². The van der Waals surface area contributed by atoms with Crippen LogP contribution in [0.4, 0.5) is 0 Å². The van der Waals surface area contributed by atoms with Crippen LogP contribution in [0, 0.1) is 0 Å². The van der Waals surface area contributed by atoms with Gasteiger partial charge >= 0.3 is 35.5 Å². The number of aliphatic carboxylic acids is 1. The van der Waals surface area contributed by atoms with E-state index in [0.29, 0.717) is 0 Å². The summed E-state index contributed by atoms with van der Waals surface area (Å²) >= 11 is 0. The van der Waals surface area contributed by atoms with Crippen LogP contribution >= 0.6 is 0 Å². The second-order valence-corrected chi connectivity index (χ2v) is 4.11. The predicted molar refractivity (Wildman–Crippen MR) is 63.6 cm³/mol. The molecule has 0 saturated carbocycles. The third-order valence-corrected chi connectivity index (χ3v) is 2.85. The van der Waals surface area contributed by atoms with Crippen molar-refractivity contribution in [2.75, 3.05) is 14.2 Å². The summed E-state index contributed by atoms with van der Waals surface area (Å²) < 4.78 is 23.8. The molecule has 1 aliphatic rings. The van der Waals surface area contributed by atoms with Gasteiger partial charge in [0.1, 0.15) is 24.6 Å². The Kier molecular flexibility index (Phi) is 10.2. The molecular weight excluding hydrogens is 327 g/mol. The summed E-state index contributed by atoms with van der Waals surface area (Å²) in [5.74, 6) is -2.62. The summed E-state index contributed by atoms with van der Waals surface area (Å²) in [6.07, 6.45) is -5.69. The smallest absolute Gasteiger partial charge is 0.547 e. The summed E-state index contributed by atoms with van der Waals surface area (Å²) in [6, 6.07) is 0. The van der Waals surface area contributed by atoms with Gasteiger partial charge in [-0.25, -0.2) is 4.79 Å². The number of ether oxygens (including phenoxy) is 5. The average Bonchev–Trinajstić information content (AvgIpc) is 2.48. The zero-order valence-corrected chi connectivity index (χ0v) is 14.7. The molecule has 1 heterocycles. The zero-order valence-electron chi connectivity index (χ0n) is 12.7. The number of methoxy groups -OCH3 is 2. The van der Waals surface area contributed by atoms with Gasteiger partial charge in [0, 0.05) is 14.2 Å². The van der Waals surface area contributed by atoms with Crippen molar-refractivity contribution in [2.45, 2.75) is 30.7 Å². The van der Waals surface area contributed by atoms with Gasteiger partial charge in [0.05, 0.1) is 12.0 Å². The Morgan fingerprint density at radius 1 is 1.22 bits per heavy atom. The van der Waals surface area contributed by atoms with Gasteiger partial charge in [0.15, 0.2) is 12.4 Å². The summed E-state index contributed by atoms with van der Waals surface area (Å²) in [4.78, 5) is 32.6. The fraction of sp³-hybridized carbons (Fsp3) is 0.583. The molecule has 1 saturated heterocycles. The topological polar surface area (TPSA) is 141 Å². The molecule has 5 atom stereocenters. The standard InChI is InChI=1S/C12H16O10.Na/c1-18-9-8(21-6(14)3-4-20-5-13)7(15)12(19-2)22-10(9)11(16)17;/h3-5,7-10,12,15H,1-2H3,(H,16,17);/q;+1/p-1/b4-3-;. The number of aliphatic hydroxyl groups excluding tert-OH is 1. The number of carboxylic acid groups (broad SMARTS) is 1. The number of carbonyl (C=O) groups excluding carboxylic acids is 3. The van der Waals surface area contributed by atoms with Gasteiger partial charge in [-0.15, -0.1) is 0 Å². The maximum atomic E-state index is 11.5. The Hall–Kier alpha value is -1.01. The van der Waals surface area contributed by atoms with Crippen molar-refractivity contribution in [3.63, 3.8) is 0 Å². The fourth-order valence-electron chi connectivity index (χ4n) is 1.90. The van der Waals surface area contributed by atoms with Gasteiger partial charge < -0.3 is 38.7 Å². The molecule has 0 bridgehead atoms. The first-order chi connectivity index (χ1) is 10.5. The van der Waals surface area contributed by atoms with Crippen molar-refractivity contribution in [3.05, 3.63) is 12.3 Å². The number of rotatable bonds is 7. The molecule has 23 heavy (non-hydrogen) atoms. The van der Waals surface area contributed by atoms with E-state index in [1.54, 1.807) is 0 Å². The van der Waals surface area contributed by atoms with Crippen LogP contribution in [0.15, 0.2) is 12.3 Å². The van der Waals surface area contributed by atoms with Gasteiger partial charge in [0.25, 0.3) is 6.47 Å². The predicted octanol–water partition coefficient (Wildman–Crippen LogP) is -5.91. The average molecular weight is 342 g/mol. The first-order valence-corrected chi connectivity index (χ1v) is 6.02. The van der Waals surface area contributed by atoms with Gasteiger partial charge in [-0.3, -0.25) is 4.79 Å². The minimum absolute atomic E-state index is 0. The first kappa shape index (κ1) is 22.0. The van der Waals surface area contributed by atoms with Crippen LogP contribution in [0.2, 0.25) is 0 Å².